The average Bonchev–Trinajstić information content (AvgIpc) is 2.90. The molecule has 2 aromatic carbocycles. The van der Waals surface area contributed by atoms with Crippen LogP contribution in [-0.2, 0) is 13.6 Å². The van der Waals surface area contributed by atoms with Gasteiger partial charge in [0.15, 0.2) is 0 Å². The van der Waals surface area contributed by atoms with Crippen molar-refractivity contribution in [3.05, 3.63) is 65.9 Å². The van der Waals surface area contributed by atoms with Gasteiger partial charge in [0.25, 0.3) is 0 Å². The zero-order valence-corrected chi connectivity index (χ0v) is 13.4. The summed E-state index contributed by atoms with van der Waals surface area (Å²) in [6, 6.07) is 18.2. The van der Waals surface area contributed by atoms with E-state index in [2.05, 4.69) is 36.1 Å². The molecule has 0 unspecified atom stereocenters. The lowest BCUT2D eigenvalue weighted by Crippen LogP contribution is -2.21. The number of carboxylic acid groups (broad SMARTS) is 1. The molecule has 118 valence electrons. The topological polar surface area (TPSA) is 45.5 Å². The van der Waals surface area contributed by atoms with Gasteiger partial charge in [-0.1, -0.05) is 30.3 Å². The van der Waals surface area contributed by atoms with E-state index in [9.17, 15) is 9.90 Å². The van der Waals surface area contributed by atoms with Gasteiger partial charge in [-0.2, -0.15) is 0 Å². The molecule has 0 aliphatic carbocycles. The fourth-order valence-corrected chi connectivity index (χ4v) is 2.93. The molecule has 0 saturated carbocycles. The molecule has 0 bridgehead atoms. The number of carbonyl (C=O) groups is 1. The SMILES string of the molecule is CCN(Cc1ccccc1)c1ccc2c(c1)cc(C(=O)O)n2C. The second-order valence-corrected chi connectivity index (χ2v) is 5.64. The number of anilines is 1. The van der Waals surface area contributed by atoms with Crippen LogP contribution >= 0.6 is 0 Å². The summed E-state index contributed by atoms with van der Waals surface area (Å²) < 4.78 is 1.72. The molecule has 1 N–H and O–H groups in total. The maximum atomic E-state index is 11.3. The van der Waals surface area contributed by atoms with Gasteiger partial charge in [0.1, 0.15) is 5.69 Å². The Morgan fingerprint density at radius 3 is 2.52 bits per heavy atom. The number of aromatic nitrogens is 1. The van der Waals surface area contributed by atoms with Gasteiger partial charge in [-0.3, -0.25) is 0 Å². The number of hydrogen-bond acceptors (Lipinski definition) is 2. The van der Waals surface area contributed by atoms with Gasteiger partial charge in [0.2, 0.25) is 0 Å². The molecule has 1 heterocycles. The van der Waals surface area contributed by atoms with Gasteiger partial charge in [-0.15, -0.1) is 0 Å². The number of aryl methyl sites for hydroxylation is 1. The number of fused-ring (bicyclic) bond motifs is 1. The van der Waals surface area contributed by atoms with E-state index in [4.69, 9.17) is 0 Å². The number of benzene rings is 2. The zero-order valence-electron chi connectivity index (χ0n) is 13.4. The molecular formula is C19H20N2O2. The van der Waals surface area contributed by atoms with E-state index in [1.807, 2.05) is 24.3 Å². The smallest absolute Gasteiger partial charge is 0.352 e. The highest BCUT2D eigenvalue weighted by molar-refractivity contribution is 5.95. The van der Waals surface area contributed by atoms with Crippen LogP contribution in [0.15, 0.2) is 54.6 Å². The van der Waals surface area contributed by atoms with E-state index < -0.39 is 5.97 Å². The van der Waals surface area contributed by atoms with E-state index >= 15 is 0 Å². The third-order valence-corrected chi connectivity index (χ3v) is 4.21. The maximum absolute atomic E-state index is 11.3. The summed E-state index contributed by atoms with van der Waals surface area (Å²) in [5, 5.41) is 10.2. The lowest BCUT2D eigenvalue weighted by molar-refractivity contribution is 0.0687. The minimum absolute atomic E-state index is 0.309. The first-order valence-corrected chi connectivity index (χ1v) is 7.71. The first-order chi connectivity index (χ1) is 11.1. The summed E-state index contributed by atoms with van der Waals surface area (Å²) in [7, 11) is 1.78. The molecule has 1 aromatic heterocycles. The first-order valence-electron chi connectivity index (χ1n) is 7.71. The van der Waals surface area contributed by atoms with Gasteiger partial charge < -0.3 is 14.6 Å². The van der Waals surface area contributed by atoms with Gasteiger partial charge in [-0.05, 0) is 36.8 Å². The van der Waals surface area contributed by atoms with Crippen molar-refractivity contribution in [3.8, 4) is 0 Å². The summed E-state index contributed by atoms with van der Waals surface area (Å²) in [4.78, 5) is 13.6. The largest absolute Gasteiger partial charge is 0.477 e. The Morgan fingerprint density at radius 2 is 1.87 bits per heavy atom. The average molecular weight is 308 g/mol. The standard InChI is InChI=1S/C19H20N2O2/c1-3-21(13-14-7-5-4-6-8-14)16-9-10-17-15(11-16)12-18(19(22)23)20(17)2/h4-12H,3,13H2,1-2H3,(H,22,23). The molecule has 0 spiro atoms. The van der Waals surface area contributed by atoms with E-state index in [0.717, 1.165) is 29.7 Å². The van der Waals surface area contributed by atoms with Gasteiger partial charge >= 0.3 is 5.97 Å². The predicted octanol–water partition coefficient (Wildman–Crippen LogP) is 3.90. The normalized spacial score (nSPS) is 10.9. The van der Waals surface area contributed by atoms with Crippen LogP contribution in [-0.4, -0.2) is 22.2 Å². The Labute approximate surface area is 135 Å². The molecular weight excluding hydrogens is 288 g/mol. The van der Waals surface area contributed by atoms with Gasteiger partial charge in [0.05, 0.1) is 0 Å². The predicted molar refractivity (Wildman–Crippen MR) is 93.0 cm³/mol. The fraction of sp³-hybridized carbons (Fsp3) is 0.211. The summed E-state index contributed by atoms with van der Waals surface area (Å²) in [5.74, 6) is -0.901. The highest BCUT2D eigenvalue weighted by Crippen LogP contribution is 2.26. The highest BCUT2D eigenvalue weighted by Gasteiger charge is 2.13. The quantitative estimate of drug-likeness (QED) is 0.777. The summed E-state index contributed by atoms with van der Waals surface area (Å²) in [5.41, 5.74) is 3.60. The van der Waals surface area contributed by atoms with Crippen LogP contribution in [0.25, 0.3) is 10.9 Å². The number of carboxylic acids is 1. The highest BCUT2D eigenvalue weighted by atomic mass is 16.4. The van der Waals surface area contributed by atoms with E-state index in [1.54, 1.807) is 17.7 Å². The van der Waals surface area contributed by atoms with Crippen LogP contribution in [0.3, 0.4) is 0 Å². The van der Waals surface area contributed by atoms with Crippen molar-refractivity contribution in [2.24, 2.45) is 7.05 Å². The fourth-order valence-electron chi connectivity index (χ4n) is 2.93. The van der Waals surface area contributed by atoms with Crippen LogP contribution in [0.5, 0.6) is 0 Å². The molecule has 0 amide bonds. The van der Waals surface area contributed by atoms with Crippen LogP contribution in [0.4, 0.5) is 5.69 Å². The molecule has 3 aromatic rings. The van der Waals surface area contributed by atoms with Gasteiger partial charge in [-0.25, -0.2) is 4.79 Å². The van der Waals surface area contributed by atoms with Crippen molar-refractivity contribution >= 4 is 22.6 Å². The van der Waals surface area contributed by atoms with E-state index in [0.29, 0.717) is 5.69 Å². The van der Waals surface area contributed by atoms with Crippen molar-refractivity contribution in [1.82, 2.24) is 4.57 Å². The van der Waals surface area contributed by atoms with Crippen molar-refractivity contribution in [2.45, 2.75) is 13.5 Å². The monoisotopic (exact) mass is 308 g/mol. The Balaban J connectivity index is 1.96. The molecule has 4 nitrogen and oxygen atoms in total. The van der Waals surface area contributed by atoms with Crippen molar-refractivity contribution in [1.29, 1.82) is 0 Å². The Morgan fingerprint density at radius 1 is 1.13 bits per heavy atom. The van der Waals surface area contributed by atoms with Crippen molar-refractivity contribution < 1.29 is 9.90 Å². The van der Waals surface area contributed by atoms with Crippen LogP contribution in [0.2, 0.25) is 0 Å². The molecule has 0 aliphatic heterocycles. The van der Waals surface area contributed by atoms with Crippen LogP contribution in [0, 0.1) is 0 Å². The van der Waals surface area contributed by atoms with Gasteiger partial charge in [0, 0.05) is 36.7 Å². The first kappa shape index (κ1) is 15.2. The second-order valence-electron chi connectivity index (χ2n) is 5.64. The summed E-state index contributed by atoms with van der Waals surface area (Å²) in [6.45, 7) is 3.85. The number of hydrogen-bond donors (Lipinski definition) is 1. The third-order valence-electron chi connectivity index (χ3n) is 4.21. The lowest BCUT2D eigenvalue weighted by atomic mass is 10.1. The van der Waals surface area contributed by atoms with Crippen LogP contribution < -0.4 is 4.90 Å². The number of aromatic carboxylic acids is 1. The van der Waals surface area contributed by atoms with Crippen LogP contribution in [0.1, 0.15) is 23.0 Å². The van der Waals surface area contributed by atoms with E-state index in [-0.39, 0.29) is 0 Å². The number of rotatable bonds is 5. The lowest BCUT2D eigenvalue weighted by Gasteiger charge is -2.23. The second kappa shape index (κ2) is 6.16. The molecule has 0 fully saturated rings. The minimum atomic E-state index is -0.901. The molecule has 0 atom stereocenters. The molecule has 0 radical (unpaired) electrons. The number of nitrogens with zero attached hydrogens (tertiary/aromatic N) is 2. The third kappa shape index (κ3) is 2.93. The molecule has 23 heavy (non-hydrogen) atoms. The summed E-state index contributed by atoms with van der Waals surface area (Å²) >= 11 is 0. The van der Waals surface area contributed by atoms with Crippen molar-refractivity contribution in [2.75, 3.05) is 11.4 Å². The minimum Gasteiger partial charge on any atom is -0.477 e. The Bertz CT molecular complexity index is 837. The molecule has 3 rings (SSSR count). The molecule has 0 saturated heterocycles. The Kier molecular flexibility index (Phi) is 4.06. The molecule has 4 heteroatoms. The van der Waals surface area contributed by atoms with E-state index in [1.165, 1.54) is 5.56 Å². The zero-order chi connectivity index (χ0) is 16.4. The Hall–Kier alpha value is -2.75. The van der Waals surface area contributed by atoms with Crippen molar-refractivity contribution in [3.63, 3.8) is 0 Å². The maximum Gasteiger partial charge on any atom is 0.352 e. The summed E-state index contributed by atoms with van der Waals surface area (Å²) in [6.07, 6.45) is 0. The molecule has 0 aliphatic rings.